The van der Waals surface area contributed by atoms with Crippen LogP contribution < -0.4 is 15.4 Å². The maximum atomic E-state index is 12.6. The first-order valence-corrected chi connectivity index (χ1v) is 9.40. The number of halogens is 1. The molecule has 2 heterocycles. The Kier molecular flexibility index (Phi) is 7.74. The van der Waals surface area contributed by atoms with E-state index in [1.807, 2.05) is 13.0 Å². The summed E-state index contributed by atoms with van der Waals surface area (Å²) in [5.41, 5.74) is 1.73. The molecule has 2 atom stereocenters. The van der Waals surface area contributed by atoms with Gasteiger partial charge < -0.3 is 20.1 Å². The second kappa shape index (κ2) is 9.58. The molecule has 26 heavy (non-hydrogen) atoms. The average Bonchev–Trinajstić information content (AvgIpc) is 3.13. The molecular formula is C20H31ClN2O3. The van der Waals surface area contributed by atoms with Crippen LogP contribution in [-0.2, 0) is 16.1 Å². The smallest absolute Gasteiger partial charge is 0.240 e. The van der Waals surface area contributed by atoms with Crippen LogP contribution >= 0.6 is 12.4 Å². The maximum absolute atomic E-state index is 12.6. The molecule has 3 rings (SSSR count). The van der Waals surface area contributed by atoms with Crippen LogP contribution in [-0.4, -0.2) is 37.8 Å². The summed E-state index contributed by atoms with van der Waals surface area (Å²) in [6.07, 6.45) is 4.18. The molecule has 2 fully saturated rings. The third kappa shape index (κ3) is 5.35. The van der Waals surface area contributed by atoms with E-state index in [0.29, 0.717) is 19.1 Å². The minimum Gasteiger partial charge on any atom is -0.493 e. The Hall–Kier alpha value is -1.30. The first-order chi connectivity index (χ1) is 12.1. The van der Waals surface area contributed by atoms with Crippen molar-refractivity contribution in [3.63, 3.8) is 0 Å². The Morgan fingerprint density at radius 2 is 2.27 bits per heavy atom. The lowest BCUT2D eigenvalue weighted by Gasteiger charge is -2.33. The quantitative estimate of drug-likeness (QED) is 0.794. The molecule has 2 aliphatic heterocycles. The number of ether oxygens (including phenoxy) is 2. The summed E-state index contributed by atoms with van der Waals surface area (Å²) in [5.74, 6) is 1.41. The second-order valence-corrected chi connectivity index (χ2v) is 7.55. The third-order valence-electron chi connectivity index (χ3n) is 5.28. The maximum Gasteiger partial charge on any atom is 0.240 e. The normalized spacial score (nSPS) is 25.4. The van der Waals surface area contributed by atoms with Gasteiger partial charge in [-0.2, -0.15) is 0 Å². The number of amides is 1. The molecule has 0 aliphatic carbocycles. The van der Waals surface area contributed by atoms with Crippen LogP contribution in [0.2, 0.25) is 0 Å². The number of carbonyl (C=O) groups is 1. The van der Waals surface area contributed by atoms with Crippen molar-refractivity contribution in [1.29, 1.82) is 0 Å². The molecule has 1 aromatic carbocycles. The molecule has 0 radical (unpaired) electrons. The summed E-state index contributed by atoms with van der Waals surface area (Å²) in [6.45, 7) is 7.73. The number of carbonyl (C=O) groups excluding carboxylic acids is 1. The van der Waals surface area contributed by atoms with Gasteiger partial charge in [0.25, 0.3) is 0 Å². The summed E-state index contributed by atoms with van der Waals surface area (Å²) >= 11 is 0. The molecule has 1 amide bonds. The molecule has 0 spiro atoms. The third-order valence-corrected chi connectivity index (χ3v) is 5.28. The summed E-state index contributed by atoms with van der Waals surface area (Å²) in [4.78, 5) is 12.6. The molecule has 2 aliphatic rings. The van der Waals surface area contributed by atoms with Crippen molar-refractivity contribution in [1.82, 2.24) is 10.6 Å². The lowest BCUT2D eigenvalue weighted by molar-refractivity contribution is -0.128. The van der Waals surface area contributed by atoms with Gasteiger partial charge in [0.05, 0.1) is 18.8 Å². The standard InChI is InChI=1S/C20H30N2O3.ClH/c1-15-5-6-17(18(11-15)25-14-16-7-10-24-13-16)12-21-19(23)20(2)8-3-4-9-22-20;/h5-6,11,16,22H,3-4,7-10,12-14H2,1-2H3,(H,21,23);1H. The van der Waals surface area contributed by atoms with Crippen LogP contribution in [0.1, 0.15) is 43.7 Å². The van der Waals surface area contributed by atoms with E-state index >= 15 is 0 Å². The lowest BCUT2D eigenvalue weighted by atomic mass is 9.90. The summed E-state index contributed by atoms with van der Waals surface area (Å²) < 4.78 is 11.5. The number of benzene rings is 1. The highest BCUT2D eigenvalue weighted by Gasteiger charge is 2.34. The van der Waals surface area contributed by atoms with Gasteiger partial charge in [-0.25, -0.2) is 0 Å². The van der Waals surface area contributed by atoms with Gasteiger partial charge in [0.15, 0.2) is 0 Å². The molecule has 2 unspecified atom stereocenters. The van der Waals surface area contributed by atoms with Gasteiger partial charge in [-0.05, 0) is 57.7 Å². The van der Waals surface area contributed by atoms with Crippen LogP contribution in [0.5, 0.6) is 5.75 Å². The predicted molar refractivity (Wildman–Crippen MR) is 105 cm³/mol. The molecule has 2 saturated heterocycles. The second-order valence-electron chi connectivity index (χ2n) is 7.55. The van der Waals surface area contributed by atoms with Gasteiger partial charge in [0.2, 0.25) is 5.91 Å². The van der Waals surface area contributed by atoms with Crippen molar-refractivity contribution in [3.8, 4) is 5.75 Å². The van der Waals surface area contributed by atoms with Gasteiger partial charge in [-0.3, -0.25) is 4.79 Å². The Morgan fingerprint density at radius 3 is 2.96 bits per heavy atom. The van der Waals surface area contributed by atoms with E-state index in [9.17, 15) is 4.79 Å². The SMILES string of the molecule is Cc1ccc(CNC(=O)C2(C)CCCCN2)c(OCC2CCOC2)c1.Cl. The molecule has 1 aromatic rings. The fourth-order valence-corrected chi connectivity index (χ4v) is 3.49. The molecule has 0 aromatic heterocycles. The summed E-state index contributed by atoms with van der Waals surface area (Å²) in [7, 11) is 0. The molecular weight excluding hydrogens is 352 g/mol. The number of aryl methyl sites for hydroxylation is 1. The molecule has 2 N–H and O–H groups in total. The van der Waals surface area contributed by atoms with Crippen LogP contribution in [0, 0.1) is 12.8 Å². The monoisotopic (exact) mass is 382 g/mol. The molecule has 0 saturated carbocycles. The van der Waals surface area contributed by atoms with Gasteiger partial charge in [-0.1, -0.05) is 12.1 Å². The van der Waals surface area contributed by atoms with Crippen LogP contribution in [0.25, 0.3) is 0 Å². The lowest BCUT2D eigenvalue weighted by Crippen LogP contribution is -2.56. The Morgan fingerprint density at radius 1 is 1.42 bits per heavy atom. The highest BCUT2D eigenvalue weighted by atomic mass is 35.5. The highest BCUT2D eigenvalue weighted by molar-refractivity contribution is 5.86. The Balaban J connectivity index is 0.00000243. The van der Waals surface area contributed by atoms with Crippen molar-refractivity contribution in [2.24, 2.45) is 5.92 Å². The van der Waals surface area contributed by atoms with Crippen molar-refractivity contribution < 1.29 is 14.3 Å². The van der Waals surface area contributed by atoms with Gasteiger partial charge in [-0.15, -0.1) is 12.4 Å². The largest absolute Gasteiger partial charge is 0.493 e. The predicted octanol–water partition coefficient (Wildman–Crippen LogP) is 2.98. The fourth-order valence-electron chi connectivity index (χ4n) is 3.49. The molecule has 6 heteroatoms. The Bertz CT molecular complexity index is 597. The van der Waals surface area contributed by atoms with Crippen LogP contribution in [0.15, 0.2) is 18.2 Å². The van der Waals surface area contributed by atoms with E-state index in [-0.39, 0.29) is 18.3 Å². The first kappa shape index (κ1) is 21.0. The van der Waals surface area contributed by atoms with E-state index < -0.39 is 5.54 Å². The van der Waals surface area contributed by atoms with E-state index in [1.165, 1.54) is 0 Å². The van der Waals surface area contributed by atoms with Gasteiger partial charge in [0.1, 0.15) is 5.75 Å². The zero-order valence-corrected chi connectivity index (χ0v) is 16.6. The highest BCUT2D eigenvalue weighted by Crippen LogP contribution is 2.24. The first-order valence-electron chi connectivity index (χ1n) is 9.40. The number of nitrogens with one attached hydrogen (secondary N) is 2. The van der Waals surface area contributed by atoms with Crippen LogP contribution in [0.4, 0.5) is 0 Å². The summed E-state index contributed by atoms with van der Waals surface area (Å²) in [5, 5.41) is 6.45. The number of rotatable bonds is 6. The number of hydrogen-bond acceptors (Lipinski definition) is 4. The Labute approximate surface area is 162 Å². The molecule has 146 valence electrons. The number of hydrogen-bond donors (Lipinski definition) is 2. The minimum absolute atomic E-state index is 0. The van der Waals surface area contributed by atoms with E-state index in [2.05, 4.69) is 29.7 Å². The molecule has 0 bridgehead atoms. The van der Waals surface area contributed by atoms with E-state index in [0.717, 1.165) is 62.3 Å². The topological polar surface area (TPSA) is 59.6 Å². The van der Waals surface area contributed by atoms with Crippen molar-refractivity contribution in [2.75, 3.05) is 26.4 Å². The average molecular weight is 383 g/mol. The number of piperidine rings is 1. The van der Waals surface area contributed by atoms with Gasteiger partial charge in [0, 0.05) is 24.6 Å². The van der Waals surface area contributed by atoms with Gasteiger partial charge >= 0.3 is 0 Å². The fraction of sp³-hybridized carbons (Fsp3) is 0.650. The zero-order valence-electron chi connectivity index (χ0n) is 15.8. The minimum atomic E-state index is -0.453. The van der Waals surface area contributed by atoms with Crippen LogP contribution in [0.3, 0.4) is 0 Å². The zero-order chi connectivity index (χ0) is 17.7. The van der Waals surface area contributed by atoms with E-state index in [4.69, 9.17) is 9.47 Å². The van der Waals surface area contributed by atoms with Crippen molar-refractivity contribution >= 4 is 18.3 Å². The van der Waals surface area contributed by atoms with Crippen molar-refractivity contribution in [3.05, 3.63) is 29.3 Å². The van der Waals surface area contributed by atoms with Crippen molar-refractivity contribution in [2.45, 2.75) is 51.6 Å². The molecule has 5 nitrogen and oxygen atoms in total. The van der Waals surface area contributed by atoms with E-state index in [1.54, 1.807) is 0 Å². The summed E-state index contributed by atoms with van der Waals surface area (Å²) in [6, 6.07) is 6.16.